The first-order valence-corrected chi connectivity index (χ1v) is 12.8. The van der Waals surface area contributed by atoms with Crippen molar-refractivity contribution in [3.05, 3.63) is 87.4 Å². The minimum absolute atomic E-state index is 0.0302. The van der Waals surface area contributed by atoms with Crippen LogP contribution in [0.15, 0.2) is 66.2 Å². The number of carbonyl (C=O) groups excluding carboxylic acids is 2. The number of aliphatic hydroxyl groups excluding tert-OH is 1. The van der Waals surface area contributed by atoms with Crippen LogP contribution in [0, 0.1) is 0 Å². The van der Waals surface area contributed by atoms with Crippen LogP contribution in [-0.2, 0) is 9.59 Å². The number of anilines is 1. The molecule has 0 aliphatic carbocycles. The molecule has 1 saturated heterocycles. The highest BCUT2D eigenvalue weighted by Gasteiger charge is 2.47. The molecule has 0 radical (unpaired) electrons. The number of nitrogens with zero attached hydrogens (tertiary/aromatic N) is 1. The lowest BCUT2D eigenvalue weighted by molar-refractivity contribution is -0.132. The molecular weight excluding hydrogens is 529 g/mol. The van der Waals surface area contributed by atoms with E-state index in [1.165, 1.54) is 24.1 Å². The van der Waals surface area contributed by atoms with Gasteiger partial charge in [-0.25, -0.2) is 0 Å². The summed E-state index contributed by atoms with van der Waals surface area (Å²) in [5, 5.41) is 11.7. The number of halogens is 2. The van der Waals surface area contributed by atoms with Gasteiger partial charge in [0.05, 0.1) is 41.5 Å². The van der Waals surface area contributed by atoms with Crippen LogP contribution in [0.1, 0.15) is 37.9 Å². The van der Waals surface area contributed by atoms with Gasteiger partial charge in [0.1, 0.15) is 17.3 Å². The maximum atomic E-state index is 13.4. The Kier molecular flexibility index (Phi) is 8.19. The lowest BCUT2D eigenvalue weighted by Crippen LogP contribution is -2.29. The van der Waals surface area contributed by atoms with Gasteiger partial charge in [0.25, 0.3) is 11.7 Å². The third-order valence-electron chi connectivity index (χ3n) is 5.89. The van der Waals surface area contributed by atoms with E-state index in [2.05, 4.69) is 0 Å². The van der Waals surface area contributed by atoms with Crippen LogP contribution >= 0.6 is 23.2 Å². The first kappa shape index (κ1) is 27.4. The molecule has 1 heterocycles. The number of rotatable bonds is 8. The minimum atomic E-state index is -0.945. The average molecular weight is 556 g/mol. The van der Waals surface area contributed by atoms with Crippen molar-refractivity contribution < 1.29 is 28.9 Å². The summed E-state index contributed by atoms with van der Waals surface area (Å²) in [4.78, 5) is 28.2. The summed E-state index contributed by atoms with van der Waals surface area (Å²) in [6.45, 7) is 6.12. The molecule has 1 atom stereocenters. The summed E-state index contributed by atoms with van der Waals surface area (Å²) in [5.41, 5.74) is 1.10. The van der Waals surface area contributed by atoms with Gasteiger partial charge >= 0.3 is 0 Å². The second-order valence-electron chi connectivity index (χ2n) is 8.81. The van der Waals surface area contributed by atoms with Crippen LogP contribution in [0.4, 0.5) is 5.69 Å². The Labute approximate surface area is 231 Å². The monoisotopic (exact) mass is 555 g/mol. The number of aliphatic hydroxyl groups is 1. The Morgan fingerprint density at radius 2 is 1.66 bits per heavy atom. The molecule has 0 bridgehead atoms. The van der Waals surface area contributed by atoms with Gasteiger partial charge in [0, 0.05) is 17.3 Å². The molecule has 1 N–H and O–H groups in total. The highest BCUT2D eigenvalue weighted by atomic mass is 35.5. The average Bonchev–Trinajstić information content (AvgIpc) is 3.14. The van der Waals surface area contributed by atoms with Gasteiger partial charge in [-0.3, -0.25) is 14.5 Å². The molecular formula is C29H27Cl2NO6. The number of hydrogen-bond donors (Lipinski definition) is 1. The maximum Gasteiger partial charge on any atom is 0.300 e. The van der Waals surface area contributed by atoms with Crippen molar-refractivity contribution in [3.63, 3.8) is 0 Å². The molecule has 7 nitrogen and oxygen atoms in total. The van der Waals surface area contributed by atoms with E-state index in [0.29, 0.717) is 29.4 Å². The number of hydrogen-bond acceptors (Lipinski definition) is 6. The molecule has 1 aliphatic heterocycles. The van der Waals surface area contributed by atoms with Gasteiger partial charge in [0.15, 0.2) is 5.75 Å². The van der Waals surface area contributed by atoms with Crippen molar-refractivity contribution in [1.82, 2.24) is 0 Å². The molecule has 1 aliphatic rings. The summed E-state index contributed by atoms with van der Waals surface area (Å²) < 4.78 is 16.6. The summed E-state index contributed by atoms with van der Waals surface area (Å²) in [6.07, 6.45) is -0.0302. The smallest absolute Gasteiger partial charge is 0.300 e. The van der Waals surface area contributed by atoms with Crippen LogP contribution < -0.4 is 19.1 Å². The predicted molar refractivity (Wildman–Crippen MR) is 148 cm³/mol. The fraction of sp³-hybridized carbons (Fsp3) is 0.241. The van der Waals surface area contributed by atoms with Crippen molar-refractivity contribution in [2.24, 2.45) is 0 Å². The predicted octanol–water partition coefficient (Wildman–Crippen LogP) is 6.81. The van der Waals surface area contributed by atoms with Crippen molar-refractivity contribution in [3.8, 4) is 17.2 Å². The summed E-state index contributed by atoms with van der Waals surface area (Å²) >= 11 is 12.6. The molecule has 1 unspecified atom stereocenters. The molecule has 1 amide bonds. The number of methoxy groups -OCH3 is 1. The molecule has 0 aromatic heterocycles. The summed E-state index contributed by atoms with van der Waals surface area (Å²) in [6, 6.07) is 15.8. The Morgan fingerprint density at radius 3 is 2.24 bits per heavy atom. The zero-order chi connectivity index (χ0) is 27.6. The van der Waals surface area contributed by atoms with Crippen LogP contribution in [0.2, 0.25) is 10.0 Å². The van der Waals surface area contributed by atoms with E-state index in [-0.39, 0.29) is 33.0 Å². The van der Waals surface area contributed by atoms with E-state index in [0.717, 1.165) is 0 Å². The standard InChI is InChI=1S/C29H27Cl2NO6/c1-5-37-21-8-6-7-19(15-21)32-25(17-9-11-20(12-10-17)38-16(2)3)24(27(34)29(32)35)26(33)18-13-22(30)28(36-4)23(31)14-18/h6-16,25,33H,5H2,1-4H3/b26-24+. The molecule has 3 aromatic rings. The van der Waals surface area contributed by atoms with E-state index in [9.17, 15) is 14.7 Å². The Balaban J connectivity index is 1.91. The number of Topliss-reactive ketones (excluding diaryl/α,β-unsaturated/α-hetero) is 1. The Bertz CT molecular complexity index is 1380. The van der Waals surface area contributed by atoms with E-state index >= 15 is 0 Å². The minimum Gasteiger partial charge on any atom is -0.507 e. The Hall–Kier alpha value is -3.68. The highest BCUT2D eigenvalue weighted by molar-refractivity contribution is 6.51. The van der Waals surface area contributed by atoms with Gasteiger partial charge in [0.2, 0.25) is 0 Å². The van der Waals surface area contributed by atoms with Gasteiger partial charge in [-0.2, -0.15) is 0 Å². The van der Waals surface area contributed by atoms with Gasteiger partial charge < -0.3 is 19.3 Å². The van der Waals surface area contributed by atoms with E-state index < -0.39 is 23.5 Å². The molecule has 198 valence electrons. The molecule has 1 fully saturated rings. The van der Waals surface area contributed by atoms with Crippen molar-refractivity contribution in [2.75, 3.05) is 18.6 Å². The van der Waals surface area contributed by atoms with Crippen molar-refractivity contribution in [2.45, 2.75) is 32.9 Å². The second kappa shape index (κ2) is 11.4. The van der Waals surface area contributed by atoms with E-state index in [4.69, 9.17) is 37.4 Å². The molecule has 4 rings (SSSR count). The van der Waals surface area contributed by atoms with Gasteiger partial charge in [-0.15, -0.1) is 0 Å². The number of benzene rings is 3. The number of carbonyl (C=O) groups is 2. The number of ether oxygens (including phenoxy) is 3. The van der Waals surface area contributed by atoms with Crippen LogP contribution in [0.25, 0.3) is 5.76 Å². The third kappa shape index (κ3) is 5.30. The highest BCUT2D eigenvalue weighted by Crippen LogP contribution is 2.44. The van der Waals surface area contributed by atoms with Gasteiger partial charge in [-0.05, 0) is 62.7 Å². The lowest BCUT2D eigenvalue weighted by Gasteiger charge is -2.26. The van der Waals surface area contributed by atoms with E-state index in [1.54, 1.807) is 48.5 Å². The van der Waals surface area contributed by atoms with Crippen molar-refractivity contribution >= 4 is 46.3 Å². The normalized spacial score (nSPS) is 16.7. The first-order valence-electron chi connectivity index (χ1n) is 12.0. The maximum absolute atomic E-state index is 13.4. The SMILES string of the molecule is CCOc1cccc(N2C(=O)C(=O)/C(=C(/O)c3cc(Cl)c(OC)c(Cl)c3)C2c2ccc(OC(C)C)cc2)c1. The molecule has 9 heteroatoms. The molecule has 0 saturated carbocycles. The lowest BCUT2D eigenvalue weighted by atomic mass is 9.95. The third-order valence-corrected chi connectivity index (χ3v) is 6.46. The quantitative estimate of drug-likeness (QED) is 0.186. The van der Waals surface area contributed by atoms with Crippen molar-refractivity contribution in [1.29, 1.82) is 0 Å². The molecule has 0 spiro atoms. The summed E-state index contributed by atoms with van der Waals surface area (Å²) in [5.74, 6) is -0.646. The van der Waals surface area contributed by atoms with Gasteiger partial charge in [-0.1, -0.05) is 41.4 Å². The fourth-order valence-electron chi connectivity index (χ4n) is 4.35. The van der Waals surface area contributed by atoms with Crippen LogP contribution in [0.5, 0.6) is 17.2 Å². The molecule has 3 aromatic carbocycles. The number of ketones is 1. The summed E-state index contributed by atoms with van der Waals surface area (Å²) in [7, 11) is 1.42. The first-order chi connectivity index (χ1) is 18.2. The Morgan fingerprint density at radius 1 is 1.00 bits per heavy atom. The second-order valence-corrected chi connectivity index (χ2v) is 9.62. The van der Waals surface area contributed by atoms with Crippen LogP contribution in [0.3, 0.4) is 0 Å². The van der Waals surface area contributed by atoms with E-state index in [1.807, 2.05) is 20.8 Å². The fourth-order valence-corrected chi connectivity index (χ4v) is 4.99. The zero-order valence-electron chi connectivity index (χ0n) is 21.3. The zero-order valence-corrected chi connectivity index (χ0v) is 22.8. The topological polar surface area (TPSA) is 85.3 Å². The molecule has 38 heavy (non-hydrogen) atoms. The van der Waals surface area contributed by atoms with Crippen LogP contribution in [-0.4, -0.2) is 36.6 Å². The largest absolute Gasteiger partial charge is 0.507 e. The number of amides is 1.